The number of hydrogen-bond acceptors (Lipinski definition) is 3. The summed E-state index contributed by atoms with van der Waals surface area (Å²) in [5.74, 6) is 1.74. The van der Waals surface area contributed by atoms with Crippen molar-refractivity contribution in [2.45, 2.75) is 32.1 Å². The Balaban J connectivity index is 1.84. The van der Waals surface area contributed by atoms with Crippen molar-refractivity contribution in [1.29, 1.82) is 0 Å². The van der Waals surface area contributed by atoms with Gasteiger partial charge >= 0.3 is 0 Å². The minimum absolute atomic E-state index is 0.757. The molecule has 0 unspecified atom stereocenters. The third kappa shape index (κ3) is 2.48. The molecule has 2 aromatic rings. The van der Waals surface area contributed by atoms with Crippen molar-refractivity contribution in [1.82, 2.24) is 9.97 Å². The van der Waals surface area contributed by atoms with Gasteiger partial charge < -0.3 is 4.42 Å². The highest BCUT2D eigenvalue weighted by Gasteiger charge is 2.20. The first-order valence-electron chi connectivity index (χ1n) is 6.37. The zero-order valence-electron chi connectivity index (χ0n) is 10.1. The largest absolute Gasteiger partial charge is 0.448 e. The van der Waals surface area contributed by atoms with E-state index in [1.807, 2.05) is 12.1 Å². The standard InChI is InChI=1S/C14H15BrN2O/c15-11-5-6-12(16-8-11)14-13(18-9-17-14)7-10-3-1-2-4-10/h5-6,8-10H,1-4,7H2. The normalized spacial score (nSPS) is 16.3. The average molecular weight is 307 g/mol. The van der Waals surface area contributed by atoms with E-state index in [-0.39, 0.29) is 0 Å². The SMILES string of the molecule is Brc1ccc(-c2ncoc2CC2CCCC2)nc1. The number of aromatic nitrogens is 2. The molecule has 94 valence electrons. The molecule has 1 saturated carbocycles. The molecule has 2 heterocycles. The van der Waals surface area contributed by atoms with Gasteiger partial charge in [-0.2, -0.15) is 0 Å². The smallest absolute Gasteiger partial charge is 0.181 e. The molecule has 1 aliphatic rings. The second-order valence-corrected chi connectivity index (χ2v) is 5.76. The predicted molar refractivity (Wildman–Crippen MR) is 73.1 cm³/mol. The lowest BCUT2D eigenvalue weighted by Gasteiger charge is -2.07. The third-order valence-corrected chi connectivity index (χ3v) is 4.03. The molecule has 3 rings (SSSR count). The summed E-state index contributed by atoms with van der Waals surface area (Å²) in [6.45, 7) is 0. The van der Waals surface area contributed by atoms with E-state index in [0.717, 1.165) is 34.0 Å². The Hall–Kier alpha value is -1.16. The molecule has 0 radical (unpaired) electrons. The number of rotatable bonds is 3. The van der Waals surface area contributed by atoms with Crippen LogP contribution in [0.2, 0.25) is 0 Å². The summed E-state index contributed by atoms with van der Waals surface area (Å²) in [5, 5.41) is 0. The number of hydrogen-bond donors (Lipinski definition) is 0. The molecule has 0 amide bonds. The molecule has 2 aromatic heterocycles. The molecular weight excluding hydrogens is 292 g/mol. The van der Waals surface area contributed by atoms with Crippen LogP contribution in [-0.2, 0) is 6.42 Å². The van der Waals surface area contributed by atoms with Crippen LogP contribution < -0.4 is 0 Å². The van der Waals surface area contributed by atoms with Crippen LogP contribution in [0.1, 0.15) is 31.4 Å². The van der Waals surface area contributed by atoms with E-state index in [4.69, 9.17) is 4.42 Å². The Kier molecular flexibility index (Phi) is 3.46. The number of halogens is 1. The zero-order valence-corrected chi connectivity index (χ0v) is 11.7. The Labute approximate surface area is 115 Å². The fourth-order valence-electron chi connectivity index (χ4n) is 2.62. The number of nitrogens with zero attached hydrogens (tertiary/aromatic N) is 2. The topological polar surface area (TPSA) is 38.9 Å². The first-order chi connectivity index (χ1) is 8.83. The van der Waals surface area contributed by atoms with E-state index < -0.39 is 0 Å². The van der Waals surface area contributed by atoms with Crippen LogP contribution in [0.4, 0.5) is 0 Å². The summed E-state index contributed by atoms with van der Waals surface area (Å²) in [7, 11) is 0. The van der Waals surface area contributed by atoms with Gasteiger partial charge in [0.1, 0.15) is 11.5 Å². The molecule has 0 N–H and O–H groups in total. The van der Waals surface area contributed by atoms with E-state index in [9.17, 15) is 0 Å². The molecule has 0 aliphatic heterocycles. The summed E-state index contributed by atoms with van der Waals surface area (Å²) in [4.78, 5) is 8.70. The van der Waals surface area contributed by atoms with Gasteiger partial charge in [-0.3, -0.25) is 4.98 Å². The summed E-state index contributed by atoms with van der Waals surface area (Å²) in [6, 6.07) is 3.95. The maximum Gasteiger partial charge on any atom is 0.181 e. The maximum atomic E-state index is 5.55. The van der Waals surface area contributed by atoms with Crippen molar-refractivity contribution in [3.8, 4) is 11.4 Å². The molecular formula is C14H15BrN2O. The quantitative estimate of drug-likeness (QED) is 0.851. The van der Waals surface area contributed by atoms with Gasteiger partial charge in [0.25, 0.3) is 0 Å². The van der Waals surface area contributed by atoms with Gasteiger partial charge in [0.15, 0.2) is 6.39 Å². The molecule has 0 aromatic carbocycles. The highest BCUT2D eigenvalue weighted by atomic mass is 79.9. The second kappa shape index (κ2) is 5.22. The molecule has 4 heteroatoms. The lowest BCUT2D eigenvalue weighted by molar-refractivity contribution is 0.443. The minimum atomic E-state index is 0.757. The Morgan fingerprint density at radius 1 is 1.22 bits per heavy atom. The van der Waals surface area contributed by atoms with Crippen LogP contribution in [0.25, 0.3) is 11.4 Å². The first kappa shape index (κ1) is 11.9. The molecule has 3 nitrogen and oxygen atoms in total. The predicted octanol–water partition coefficient (Wildman–Crippen LogP) is 4.23. The minimum Gasteiger partial charge on any atom is -0.448 e. The van der Waals surface area contributed by atoms with Crippen LogP contribution >= 0.6 is 15.9 Å². The molecule has 1 fully saturated rings. The van der Waals surface area contributed by atoms with Gasteiger partial charge in [-0.1, -0.05) is 25.7 Å². The van der Waals surface area contributed by atoms with Crippen molar-refractivity contribution in [3.63, 3.8) is 0 Å². The van der Waals surface area contributed by atoms with Crippen molar-refractivity contribution < 1.29 is 4.42 Å². The van der Waals surface area contributed by atoms with Gasteiger partial charge in [0.2, 0.25) is 0 Å². The zero-order chi connectivity index (χ0) is 12.4. The van der Waals surface area contributed by atoms with E-state index in [1.165, 1.54) is 32.1 Å². The van der Waals surface area contributed by atoms with Crippen molar-refractivity contribution in [3.05, 3.63) is 35.0 Å². The highest BCUT2D eigenvalue weighted by molar-refractivity contribution is 9.10. The lowest BCUT2D eigenvalue weighted by Crippen LogP contribution is -1.99. The van der Waals surface area contributed by atoms with Gasteiger partial charge in [0.05, 0.1) is 5.69 Å². The fraction of sp³-hybridized carbons (Fsp3) is 0.429. The van der Waals surface area contributed by atoms with Crippen molar-refractivity contribution in [2.24, 2.45) is 5.92 Å². The Bertz CT molecular complexity index is 515. The third-order valence-electron chi connectivity index (χ3n) is 3.56. The van der Waals surface area contributed by atoms with Crippen LogP contribution in [-0.4, -0.2) is 9.97 Å². The fourth-order valence-corrected chi connectivity index (χ4v) is 2.85. The van der Waals surface area contributed by atoms with Gasteiger partial charge in [-0.25, -0.2) is 4.98 Å². The van der Waals surface area contributed by atoms with Crippen molar-refractivity contribution >= 4 is 15.9 Å². The van der Waals surface area contributed by atoms with E-state index >= 15 is 0 Å². The molecule has 0 bridgehead atoms. The van der Waals surface area contributed by atoms with Crippen LogP contribution in [0.15, 0.2) is 33.6 Å². The van der Waals surface area contributed by atoms with Gasteiger partial charge in [0, 0.05) is 17.1 Å². The molecule has 18 heavy (non-hydrogen) atoms. The summed E-state index contributed by atoms with van der Waals surface area (Å²) in [5.41, 5.74) is 1.79. The molecule has 0 saturated heterocycles. The average Bonchev–Trinajstić information content (AvgIpc) is 3.02. The molecule has 1 aliphatic carbocycles. The van der Waals surface area contributed by atoms with Gasteiger partial charge in [-0.05, 0) is 34.0 Å². The monoisotopic (exact) mass is 306 g/mol. The van der Waals surface area contributed by atoms with E-state index in [1.54, 1.807) is 6.20 Å². The highest BCUT2D eigenvalue weighted by Crippen LogP contribution is 2.31. The Morgan fingerprint density at radius 2 is 2.06 bits per heavy atom. The molecule has 0 atom stereocenters. The summed E-state index contributed by atoms with van der Waals surface area (Å²) in [6.07, 6.45) is 9.65. The first-order valence-corrected chi connectivity index (χ1v) is 7.16. The van der Waals surface area contributed by atoms with Crippen LogP contribution in [0.3, 0.4) is 0 Å². The maximum absolute atomic E-state index is 5.55. The summed E-state index contributed by atoms with van der Waals surface area (Å²) < 4.78 is 6.53. The second-order valence-electron chi connectivity index (χ2n) is 4.84. The summed E-state index contributed by atoms with van der Waals surface area (Å²) >= 11 is 3.39. The molecule has 0 spiro atoms. The van der Waals surface area contributed by atoms with Crippen LogP contribution in [0.5, 0.6) is 0 Å². The van der Waals surface area contributed by atoms with E-state index in [2.05, 4.69) is 25.9 Å². The van der Waals surface area contributed by atoms with E-state index in [0.29, 0.717) is 0 Å². The van der Waals surface area contributed by atoms with Crippen molar-refractivity contribution in [2.75, 3.05) is 0 Å². The Morgan fingerprint density at radius 3 is 2.78 bits per heavy atom. The number of oxazole rings is 1. The number of pyridine rings is 1. The lowest BCUT2D eigenvalue weighted by atomic mass is 10.0. The van der Waals surface area contributed by atoms with Gasteiger partial charge in [-0.15, -0.1) is 0 Å². The van der Waals surface area contributed by atoms with Crippen LogP contribution in [0, 0.1) is 5.92 Å².